The first-order valence-corrected chi connectivity index (χ1v) is 10.7. The van der Waals surface area contributed by atoms with Gasteiger partial charge in [0.05, 0.1) is 18.6 Å². The molecule has 1 unspecified atom stereocenters. The van der Waals surface area contributed by atoms with Gasteiger partial charge in [0.25, 0.3) is 5.91 Å². The Morgan fingerprint density at radius 1 is 1.11 bits per heavy atom. The highest BCUT2D eigenvalue weighted by Gasteiger charge is 2.34. The van der Waals surface area contributed by atoms with Crippen LogP contribution in [0, 0.1) is 5.82 Å². The number of amides is 1. The zero-order valence-corrected chi connectivity index (χ0v) is 16.3. The fraction of sp³-hybridized carbons (Fsp3) is 0.350. The van der Waals surface area contributed by atoms with Gasteiger partial charge < -0.3 is 14.4 Å². The predicted molar refractivity (Wildman–Crippen MR) is 102 cm³/mol. The Bertz CT molecular complexity index is 913. The standard InChI is InChI=1S/C20H22FNO5S/c1-26-18-6-8-19(9-7-18)27-13-20(23)22(17-10-11-28(24,25)14-17)12-15-2-4-16(21)5-3-15/h2-9,17H,10-14H2,1H3. The van der Waals surface area contributed by atoms with Crippen LogP contribution in [0.4, 0.5) is 4.39 Å². The molecule has 6 nitrogen and oxygen atoms in total. The Morgan fingerprint density at radius 3 is 2.32 bits per heavy atom. The van der Waals surface area contributed by atoms with Crippen LogP contribution in [0.1, 0.15) is 12.0 Å². The highest BCUT2D eigenvalue weighted by atomic mass is 32.2. The third-order valence-electron chi connectivity index (χ3n) is 4.66. The van der Waals surface area contributed by atoms with Gasteiger partial charge in [-0.05, 0) is 48.4 Å². The monoisotopic (exact) mass is 407 g/mol. The molecule has 1 atom stereocenters. The van der Waals surface area contributed by atoms with E-state index in [2.05, 4.69) is 0 Å². The Morgan fingerprint density at radius 2 is 1.75 bits per heavy atom. The highest BCUT2D eigenvalue weighted by Crippen LogP contribution is 2.22. The second-order valence-corrected chi connectivity index (χ2v) is 8.90. The molecule has 0 saturated carbocycles. The van der Waals surface area contributed by atoms with Crippen LogP contribution < -0.4 is 9.47 Å². The van der Waals surface area contributed by atoms with Gasteiger partial charge in [0.15, 0.2) is 16.4 Å². The molecule has 1 aliphatic rings. The Hall–Kier alpha value is -2.61. The molecular formula is C20H22FNO5S. The predicted octanol–water partition coefficient (Wildman–Crippen LogP) is 2.43. The summed E-state index contributed by atoms with van der Waals surface area (Å²) in [6.07, 6.45) is 0.387. The number of carbonyl (C=O) groups is 1. The van der Waals surface area contributed by atoms with Crippen molar-refractivity contribution >= 4 is 15.7 Å². The van der Waals surface area contributed by atoms with Crippen molar-refractivity contribution in [1.29, 1.82) is 0 Å². The summed E-state index contributed by atoms with van der Waals surface area (Å²) in [7, 11) is -1.60. The van der Waals surface area contributed by atoms with E-state index in [1.807, 2.05) is 0 Å². The Labute approximate surface area is 163 Å². The first-order valence-electron chi connectivity index (χ1n) is 8.87. The zero-order valence-electron chi connectivity index (χ0n) is 15.5. The van der Waals surface area contributed by atoms with Gasteiger partial charge in [0.1, 0.15) is 17.3 Å². The van der Waals surface area contributed by atoms with Gasteiger partial charge in [-0.25, -0.2) is 12.8 Å². The van der Waals surface area contributed by atoms with Crippen LogP contribution >= 0.6 is 0 Å². The van der Waals surface area contributed by atoms with E-state index >= 15 is 0 Å². The summed E-state index contributed by atoms with van der Waals surface area (Å²) in [4.78, 5) is 14.3. The van der Waals surface area contributed by atoms with E-state index in [0.717, 1.165) is 5.56 Å². The number of sulfone groups is 1. The lowest BCUT2D eigenvalue weighted by molar-refractivity contribution is -0.136. The molecule has 8 heteroatoms. The normalized spacial score (nSPS) is 17.9. The number of hydrogen-bond acceptors (Lipinski definition) is 5. The molecule has 0 N–H and O–H groups in total. The van der Waals surface area contributed by atoms with Gasteiger partial charge in [-0.3, -0.25) is 4.79 Å². The van der Waals surface area contributed by atoms with Gasteiger partial charge in [-0.1, -0.05) is 12.1 Å². The number of nitrogens with zero attached hydrogens (tertiary/aromatic N) is 1. The van der Waals surface area contributed by atoms with Gasteiger partial charge in [0.2, 0.25) is 0 Å². The van der Waals surface area contributed by atoms with Crippen LogP contribution in [0.5, 0.6) is 11.5 Å². The number of hydrogen-bond donors (Lipinski definition) is 0. The highest BCUT2D eigenvalue weighted by molar-refractivity contribution is 7.91. The summed E-state index contributed by atoms with van der Waals surface area (Å²) in [5.74, 6) is 0.491. The maximum atomic E-state index is 13.2. The van der Waals surface area contributed by atoms with Crippen LogP contribution in [0.2, 0.25) is 0 Å². The third-order valence-corrected chi connectivity index (χ3v) is 6.41. The maximum absolute atomic E-state index is 13.2. The summed E-state index contributed by atoms with van der Waals surface area (Å²) < 4.78 is 47.5. The average molecular weight is 407 g/mol. The van der Waals surface area contributed by atoms with E-state index in [1.165, 1.54) is 17.0 Å². The first kappa shape index (κ1) is 20.1. The smallest absolute Gasteiger partial charge is 0.261 e. The maximum Gasteiger partial charge on any atom is 0.261 e. The van der Waals surface area contributed by atoms with Crippen molar-refractivity contribution in [2.24, 2.45) is 0 Å². The Kier molecular flexibility index (Phi) is 6.18. The minimum atomic E-state index is -3.16. The van der Waals surface area contributed by atoms with E-state index in [1.54, 1.807) is 43.5 Å². The fourth-order valence-corrected chi connectivity index (χ4v) is 4.86. The number of methoxy groups -OCH3 is 1. The summed E-state index contributed by atoms with van der Waals surface area (Å²) in [5, 5.41) is 0. The van der Waals surface area contributed by atoms with E-state index in [4.69, 9.17) is 9.47 Å². The molecule has 1 heterocycles. The number of halogens is 1. The molecule has 2 aromatic rings. The van der Waals surface area contributed by atoms with Crippen molar-refractivity contribution in [2.75, 3.05) is 25.2 Å². The van der Waals surface area contributed by atoms with Gasteiger partial charge in [0, 0.05) is 12.6 Å². The molecule has 150 valence electrons. The summed E-state index contributed by atoms with van der Waals surface area (Å²) >= 11 is 0. The van der Waals surface area contributed by atoms with Crippen LogP contribution in [0.15, 0.2) is 48.5 Å². The molecule has 28 heavy (non-hydrogen) atoms. The minimum absolute atomic E-state index is 0.0597. The molecular weight excluding hydrogens is 385 g/mol. The lowest BCUT2D eigenvalue weighted by Crippen LogP contribution is -2.43. The molecule has 0 bridgehead atoms. The van der Waals surface area contributed by atoms with Crippen molar-refractivity contribution < 1.29 is 27.1 Å². The second kappa shape index (κ2) is 8.60. The first-order chi connectivity index (χ1) is 13.4. The number of carbonyl (C=O) groups excluding carboxylic acids is 1. The molecule has 0 aliphatic carbocycles. The third kappa shape index (κ3) is 5.22. The number of rotatable bonds is 7. The number of benzene rings is 2. The molecule has 3 rings (SSSR count). The van der Waals surface area contributed by atoms with E-state index < -0.39 is 15.9 Å². The van der Waals surface area contributed by atoms with E-state index in [-0.39, 0.29) is 36.4 Å². The largest absolute Gasteiger partial charge is 0.497 e. The molecule has 1 saturated heterocycles. The summed E-state index contributed by atoms with van der Waals surface area (Å²) in [6.45, 7) is -0.0185. The zero-order chi connectivity index (χ0) is 20.1. The number of ether oxygens (including phenoxy) is 2. The van der Waals surface area contributed by atoms with Crippen molar-refractivity contribution in [3.63, 3.8) is 0 Å². The molecule has 1 fully saturated rings. The summed E-state index contributed by atoms with van der Waals surface area (Å²) in [5.41, 5.74) is 0.725. The van der Waals surface area contributed by atoms with Crippen molar-refractivity contribution in [3.05, 3.63) is 59.9 Å². The van der Waals surface area contributed by atoms with Crippen LogP contribution in [-0.2, 0) is 21.2 Å². The van der Waals surface area contributed by atoms with Crippen molar-refractivity contribution in [1.82, 2.24) is 4.90 Å². The fourth-order valence-electron chi connectivity index (χ4n) is 3.13. The van der Waals surface area contributed by atoms with Gasteiger partial charge in [-0.2, -0.15) is 0 Å². The van der Waals surface area contributed by atoms with Gasteiger partial charge >= 0.3 is 0 Å². The van der Waals surface area contributed by atoms with Gasteiger partial charge in [-0.15, -0.1) is 0 Å². The minimum Gasteiger partial charge on any atom is -0.497 e. The lowest BCUT2D eigenvalue weighted by atomic mass is 10.1. The lowest BCUT2D eigenvalue weighted by Gasteiger charge is -2.28. The molecule has 0 aromatic heterocycles. The van der Waals surface area contributed by atoms with Crippen molar-refractivity contribution in [2.45, 2.75) is 19.0 Å². The van der Waals surface area contributed by atoms with E-state index in [0.29, 0.717) is 17.9 Å². The summed E-state index contributed by atoms with van der Waals surface area (Å²) in [6, 6.07) is 12.2. The van der Waals surface area contributed by atoms with Crippen LogP contribution in [0.3, 0.4) is 0 Å². The molecule has 0 radical (unpaired) electrons. The van der Waals surface area contributed by atoms with E-state index in [9.17, 15) is 17.6 Å². The van der Waals surface area contributed by atoms with Crippen LogP contribution in [-0.4, -0.2) is 50.5 Å². The second-order valence-electron chi connectivity index (χ2n) is 6.67. The quantitative estimate of drug-likeness (QED) is 0.705. The SMILES string of the molecule is COc1ccc(OCC(=O)N(Cc2ccc(F)cc2)C2CCS(=O)(=O)C2)cc1. The Balaban J connectivity index is 1.71. The van der Waals surface area contributed by atoms with Crippen molar-refractivity contribution in [3.8, 4) is 11.5 Å². The molecule has 1 aliphatic heterocycles. The topological polar surface area (TPSA) is 72.9 Å². The molecule has 1 amide bonds. The molecule has 0 spiro atoms. The molecule has 2 aromatic carbocycles. The van der Waals surface area contributed by atoms with Crippen LogP contribution in [0.25, 0.3) is 0 Å². The average Bonchev–Trinajstić information content (AvgIpc) is 3.05.